The molecule has 0 N–H and O–H groups in total. The van der Waals surface area contributed by atoms with Gasteiger partial charge >= 0.3 is 12.6 Å². The molecule has 0 bridgehead atoms. The third-order valence-electron chi connectivity index (χ3n) is 2.36. The first-order chi connectivity index (χ1) is 9.38. The molecular weight excluding hydrogens is 344 g/mol. The molecule has 1 aromatic carbocycles. The normalized spacial score (nSPS) is 10.4. The SMILES string of the molecule is COC(=O)Cc1cc(OC(F)F)cc(CBr)c1[N+](=O)[O-]. The van der Waals surface area contributed by atoms with Crippen LogP contribution in [0.5, 0.6) is 5.75 Å². The van der Waals surface area contributed by atoms with Gasteiger partial charge in [0, 0.05) is 16.5 Å². The predicted octanol–water partition coefficient (Wildman–Crippen LogP) is 2.81. The van der Waals surface area contributed by atoms with Crippen LogP contribution in [0, 0.1) is 10.1 Å². The van der Waals surface area contributed by atoms with Gasteiger partial charge in [0.1, 0.15) is 5.75 Å². The summed E-state index contributed by atoms with van der Waals surface area (Å²) in [5.74, 6) is -0.971. The molecule has 0 aromatic heterocycles. The maximum absolute atomic E-state index is 12.2. The molecule has 0 amide bonds. The molecule has 0 spiro atoms. The molecule has 0 heterocycles. The number of alkyl halides is 3. The fourth-order valence-electron chi connectivity index (χ4n) is 1.60. The Hall–Kier alpha value is -1.77. The fourth-order valence-corrected chi connectivity index (χ4v) is 2.03. The molecule has 0 aliphatic carbocycles. The minimum Gasteiger partial charge on any atom is -0.469 e. The number of nitro benzene ring substituents is 1. The van der Waals surface area contributed by atoms with Crippen LogP contribution in [-0.2, 0) is 21.3 Å². The molecule has 20 heavy (non-hydrogen) atoms. The van der Waals surface area contributed by atoms with Crippen molar-refractivity contribution in [3.63, 3.8) is 0 Å². The lowest BCUT2D eigenvalue weighted by Gasteiger charge is -2.10. The molecule has 9 heteroatoms. The summed E-state index contributed by atoms with van der Waals surface area (Å²) in [5, 5.41) is 11.1. The Morgan fingerprint density at radius 3 is 2.50 bits per heavy atom. The molecule has 0 saturated heterocycles. The lowest BCUT2D eigenvalue weighted by molar-refractivity contribution is -0.386. The number of methoxy groups -OCH3 is 1. The van der Waals surface area contributed by atoms with Gasteiger partial charge in [-0.3, -0.25) is 14.9 Å². The Morgan fingerprint density at radius 2 is 2.05 bits per heavy atom. The van der Waals surface area contributed by atoms with Crippen molar-refractivity contribution in [3.05, 3.63) is 33.4 Å². The van der Waals surface area contributed by atoms with E-state index in [4.69, 9.17) is 0 Å². The highest BCUT2D eigenvalue weighted by molar-refractivity contribution is 9.08. The molecule has 0 aliphatic rings. The first-order valence-electron chi connectivity index (χ1n) is 5.26. The summed E-state index contributed by atoms with van der Waals surface area (Å²) in [7, 11) is 1.12. The van der Waals surface area contributed by atoms with Crippen molar-refractivity contribution >= 4 is 27.6 Å². The highest BCUT2D eigenvalue weighted by Gasteiger charge is 2.24. The maximum Gasteiger partial charge on any atom is 0.387 e. The number of halogens is 3. The standard InChI is InChI=1S/C11H10BrF2NO5/c1-19-9(16)4-6-2-8(20-11(13)14)3-7(5-12)10(6)15(17)18/h2-3,11H,4-5H2,1H3. The van der Waals surface area contributed by atoms with Crippen LogP contribution in [0.1, 0.15) is 11.1 Å². The zero-order valence-corrected chi connectivity index (χ0v) is 11.9. The zero-order chi connectivity index (χ0) is 15.3. The molecule has 0 radical (unpaired) electrons. The van der Waals surface area contributed by atoms with Crippen LogP contribution < -0.4 is 4.74 Å². The number of benzene rings is 1. The summed E-state index contributed by atoms with van der Waals surface area (Å²) in [6.07, 6.45) is -0.409. The quantitative estimate of drug-likeness (QED) is 0.340. The number of hydrogen-bond acceptors (Lipinski definition) is 5. The second kappa shape index (κ2) is 7.13. The molecular formula is C11H10BrF2NO5. The molecule has 1 aromatic rings. The summed E-state index contributed by atoms with van der Waals surface area (Å²) >= 11 is 3.03. The molecule has 0 saturated carbocycles. The van der Waals surface area contributed by atoms with Crippen molar-refractivity contribution < 1.29 is 28.0 Å². The van der Waals surface area contributed by atoms with Crippen LogP contribution in [0.2, 0.25) is 0 Å². The Morgan fingerprint density at radius 1 is 1.45 bits per heavy atom. The number of hydrogen-bond donors (Lipinski definition) is 0. The highest BCUT2D eigenvalue weighted by atomic mass is 79.9. The van der Waals surface area contributed by atoms with Gasteiger partial charge in [0.15, 0.2) is 0 Å². The second-order valence-corrected chi connectivity index (χ2v) is 4.17. The first-order valence-corrected chi connectivity index (χ1v) is 6.39. The van der Waals surface area contributed by atoms with E-state index in [1.54, 1.807) is 0 Å². The zero-order valence-electron chi connectivity index (χ0n) is 10.3. The average molecular weight is 354 g/mol. The smallest absolute Gasteiger partial charge is 0.387 e. The maximum atomic E-state index is 12.2. The lowest BCUT2D eigenvalue weighted by atomic mass is 10.0. The minimum absolute atomic E-state index is 0.0468. The Bertz CT molecular complexity index is 524. The monoisotopic (exact) mass is 353 g/mol. The summed E-state index contributed by atoms with van der Waals surface area (Å²) < 4.78 is 33.1. The minimum atomic E-state index is -3.06. The lowest BCUT2D eigenvalue weighted by Crippen LogP contribution is -2.10. The van der Waals surface area contributed by atoms with Crippen LogP contribution in [-0.4, -0.2) is 24.6 Å². The molecule has 0 unspecified atom stereocenters. The highest BCUT2D eigenvalue weighted by Crippen LogP contribution is 2.32. The summed E-state index contributed by atoms with van der Waals surface area (Å²) in [6, 6.07) is 2.16. The fraction of sp³-hybridized carbons (Fsp3) is 0.364. The Kier molecular flexibility index (Phi) is 5.81. The van der Waals surface area contributed by atoms with E-state index in [-0.39, 0.29) is 27.9 Å². The number of nitrogens with zero attached hydrogens (tertiary/aromatic N) is 1. The van der Waals surface area contributed by atoms with E-state index in [1.807, 2.05) is 0 Å². The molecule has 0 atom stereocenters. The number of rotatable bonds is 6. The number of carbonyl (C=O) groups excluding carboxylic acids is 1. The van der Waals surface area contributed by atoms with Gasteiger partial charge in [0.05, 0.1) is 18.5 Å². The summed E-state index contributed by atoms with van der Waals surface area (Å²) in [5.41, 5.74) is -0.240. The van der Waals surface area contributed by atoms with Crippen LogP contribution in [0.25, 0.3) is 0 Å². The van der Waals surface area contributed by atoms with Gasteiger partial charge in [-0.25, -0.2) is 0 Å². The van der Waals surface area contributed by atoms with E-state index in [2.05, 4.69) is 25.4 Å². The van der Waals surface area contributed by atoms with Crippen molar-refractivity contribution in [1.29, 1.82) is 0 Å². The van der Waals surface area contributed by atoms with Gasteiger partial charge in [0.2, 0.25) is 0 Å². The second-order valence-electron chi connectivity index (χ2n) is 3.61. The predicted molar refractivity (Wildman–Crippen MR) is 68.1 cm³/mol. The summed E-state index contributed by atoms with van der Waals surface area (Å²) in [6.45, 7) is -3.06. The van der Waals surface area contributed by atoms with Crippen molar-refractivity contribution in [2.24, 2.45) is 0 Å². The van der Waals surface area contributed by atoms with Crippen molar-refractivity contribution in [2.75, 3.05) is 7.11 Å². The van der Waals surface area contributed by atoms with Crippen LogP contribution in [0.15, 0.2) is 12.1 Å². The average Bonchev–Trinajstić information content (AvgIpc) is 2.36. The van der Waals surface area contributed by atoms with Gasteiger partial charge in [-0.15, -0.1) is 0 Å². The van der Waals surface area contributed by atoms with E-state index < -0.39 is 23.9 Å². The first kappa shape index (κ1) is 16.3. The van der Waals surface area contributed by atoms with E-state index >= 15 is 0 Å². The number of ether oxygens (including phenoxy) is 2. The molecule has 0 fully saturated rings. The van der Waals surface area contributed by atoms with Gasteiger partial charge in [-0.05, 0) is 12.1 Å². The van der Waals surface area contributed by atoms with Gasteiger partial charge in [-0.2, -0.15) is 8.78 Å². The number of esters is 1. The summed E-state index contributed by atoms with van der Waals surface area (Å²) in [4.78, 5) is 21.6. The van der Waals surface area contributed by atoms with Gasteiger partial charge < -0.3 is 9.47 Å². The van der Waals surface area contributed by atoms with Crippen LogP contribution in [0.3, 0.4) is 0 Å². The third kappa shape index (κ3) is 4.12. The Labute approximate surface area is 120 Å². The molecule has 6 nitrogen and oxygen atoms in total. The van der Waals surface area contributed by atoms with Crippen molar-refractivity contribution in [1.82, 2.24) is 0 Å². The van der Waals surface area contributed by atoms with Gasteiger partial charge in [-0.1, -0.05) is 15.9 Å². The largest absolute Gasteiger partial charge is 0.469 e. The number of carbonyl (C=O) groups is 1. The molecule has 1 rings (SSSR count). The van der Waals surface area contributed by atoms with E-state index in [0.717, 1.165) is 19.2 Å². The Balaban J connectivity index is 3.33. The van der Waals surface area contributed by atoms with Gasteiger partial charge in [0.25, 0.3) is 5.69 Å². The van der Waals surface area contributed by atoms with E-state index in [1.165, 1.54) is 0 Å². The molecule has 0 aliphatic heterocycles. The van der Waals surface area contributed by atoms with Crippen molar-refractivity contribution in [3.8, 4) is 5.75 Å². The third-order valence-corrected chi connectivity index (χ3v) is 2.96. The topological polar surface area (TPSA) is 78.7 Å². The van der Waals surface area contributed by atoms with Crippen molar-refractivity contribution in [2.45, 2.75) is 18.4 Å². The number of nitro groups is 1. The van der Waals surface area contributed by atoms with E-state index in [9.17, 15) is 23.7 Å². The van der Waals surface area contributed by atoms with E-state index in [0.29, 0.717) is 0 Å². The van der Waals surface area contributed by atoms with Crippen LogP contribution >= 0.6 is 15.9 Å². The molecule has 110 valence electrons. The van der Waals surface area contributed by atoms with Crippen LogP contribution in [0.4, 0.5) is 14.5 Å².